The molecule has 0 saturated carbocycles. The fourth-order valence-corrected chi connectivity index (χ4v) is 3.22. The zero-order valence-electron chi connectivity index (χ0n) is 14.8. The molecule has 29 heavy (non-hydrogen) atoms. The molecule has 146 valence electrons. The van der Waals surface area contributed by atoms with Crippen LogP contribution < -0.4 is 9.47 Å². The number of ether oxygens (including phenoxy) is 2. The van der Waals surface area contributed by atoms with Crippen molar-refractivity contribution in [1.29, 1.82) is 0 Å². The molecule has 3 aromatic carbocycles. The zero-order chi connectivity index (χ0) is 20.4. The maximum atomic E-state index is 12.5. The fourth-order valence-electron chi connectivity index (χ4n) is 2.89. The van der Waals surface area contributed by atoms with E-state index < -0.39 is 6.61 Å². The molecular formula is C22H13Cl2F2NO2. The topological polar surface area (TPSA) is 31.4 Å². The van der Waals surface area contributed by atoms with Crippen molar-refractivity contribution >= 4 is 34.1 Å². The summed E-state index contributed by atoms with van der Waals surface area (Å²) in [6, 6.07) is 20.7. The number of rotatable bonds is 5. The molecule has 0 aliphatic carbocycles. The number of halogens is 4. The van der Waals surface area contributed by atoms with Gasteiger partial charge in [0.25, 0.3) is 0 Å². The van der Waals surface area contributed by atoms with E-state index in [4.69, 9.17) is 27.9 Å². The van der Waals surface area contributed by atoms with Crippen LogP contribution in [0.3, 0.4) is 0 Å². The standard InChI is InChI=1S/C22H13Cl2F2NO2/c23-16-6-2-9-20(21(16)24)29-19-8-3-7-18-15(19)10-11-17(27-18)13-4-1-5-14(12-13)28-22(25)26/h1-12,22H. The molecule has 0 unspecified atom stereocenters. The number of nitrogens with zero attached hydrogens (tertiary/aromatic N) is 1. The van der Waals surface area contributed by atoms with E-state index in [-0.39, 0.29) is 5.75 Å². The van der Waals surface area contributed by atoms with Gasteiger partial charge < -0.3 is 9.47 Å². The lowest BCUT2D eigenvalue weighted by molar-refractivity contribution is -0.0498. The Morgan fingerprint density at radius 1 is 0.828 bits per heavy atom. The number of pyridine rings is 1. The second-order valence-corrected chi connectivity index (χ2v) is 6.86. The molecular weight excluding hydrogens is 419 g/mol. The summed E-state index contributed by atoms with van der Waals surface area (Å²) in [5.41, 5.74) is 1.96. The maximum Gasteiger partial charge on any atom is 0.387 e. The lowest BCUT2D eigenvalue weighted by Gasteiger charge is -2.12. The highest BCUT2D eigenvalue weighted by Gasteiger charge is 2.11. The van der Waals surface area contributed by atoms with Crippen molar-refractivity contribution in [3.63, 3.8) is 0 Å². The van der Waals surface area contributed by atoms with Gasteiger partial charge in [0.2, 0.25) is 0 Å². The molecule has 0 atom stereocenters. The molecule has 0 saturated heterocycles. The second-order valence-electron chi connectivity index (χ2n) is 6.08. The van der Waals surface area contributed by atoms with Gasteiger partial charge in [-0.05, 0) is 48.5 Å². The van der Waals surface area contributed by atoms with Crippen molar-refractivity contribution in [1.82, 2.24) is 4.98 Å². The van der Waals surface area contributed by atoms with Crippen LogP contribution in [0.1, 0.15) is 0 Å². The van der Waals surface area contributed by atoms with Crippen molar-refractivity contribution < 1.29 is 18.3 Å². The van der Waals surface area contributed by atoms with Gasteiger partial charge in [-0.3, -0.25) is 0 Å². The zero-order valence-corrected chi connectivity index (χ0v) is 16.3. The number of aromatic nitrogens is 1. The third-order valence-electron chi connectivity index (χ3n) is 4.18. The van der Waals surface area contributed by atoms with E-state index in [2.05, 4.69) is 9.72 Å². The van der Waals surface area contributed by atoms with E-state index in [1.807, 2.05) is 18.2 Å². The summed E-state index contributed by atoms with van der Waals surface area (Å²) in [6.45, 7) is -2.88. The molecule has 7 heteroatoms. The number of hydrogen-bond acceptors (Lipinski definition) is 3. The monoisotopic (exact) mass is 431 g/mol. The summed E-state index contributed by atoms with van der Waals surface area (Å²) < 4.78 is 35.4. The highest BCUT2D eigenvalue weighted by molar-refractivity contribution is 6.42. The summed E-state index contributed by atoms with van der Waals surface area (Å²) in [5, 5.41) is 1.49. The minimum Gasteiger partial charge on any atom is -0.455 e. The lowest BCUT2D eigenvalue weighted by atomic mass is 10.1. The first-order valence-corrected chi connectivity index (χ1v) is 9.34. The van der Waals surface area contributed by atoms with Crippen molar-refractivity contribution in [3.05, 3.63) is 82.8 Å². The van der Waals surface area contributed by atoms with Crippen LogP contribution >= 0.6 is 23.2 Å². The Balaban J connectivity index is 1.70. The van der Waals surface area contributed by atoms with E-state index in [1.54, 1.807) is 42.5 Å². The van der Waals surface area contributed by atoms with Gasteiger partial charge in [-0.1, -0.05) is 47.5 Å². The Bertz CT molecular complexity index is 1180. The van der Waals surface area contributed by atoms with E-state index in [9.17, 15) is 8.78 Å². The summed E-state index contributed by atoms with van der Waals surface area (Å²) >= 11 is 12.3. The number of alkyl halides is 2. The molecule has 1 aromatic heterocycles. The summed E-state index contributed by atoms with van der Waals surface area (Å²) in [5.74, 6) is 1.08. The third kappa shape index (κ3) is 4.26. The van der Waals surface area contributed by atoms with Crippen LogP contribution in [0.2, 0.25) is 10.0 Å². The first kappa shape index (κ1) is 19.4. The normalized spacial score (nSPS) is 11.1. The Kier molecular flexibility index (Phi) is 5.51. The fraction of sp³-hybridized carbons (Fsp3) is 0.0455. The predicted octanol–water partition coefficient (Wildman–Crippen LogP) is 7.60. The Labute approximate surface area is 175 Å². The molecule has 0 N–H and O–H groups in total. The average Bonchev–Trinajstić information content (AvgIpc) is 2.71. The Morgan fingerprint density at radius 3 is 2.41 bits per heavy atom. The van der Waals surface area contributed by atoms with E-state index in [0.717, 1.165) is 5.39 Å². The van der Waals surface area contributed by atoms with Crippen molar-refractivity contribution in [3.8, 4) is 28.5 Å². The van der Waals surface area contributed by atoms with Crippen LogP contribution in [-0.4, -0.2) is 11.6 Å². The molecule has 0 spiro atoms. The summed E-state index contributed by atoms with van der Waals surface area (Å²) in [4.78, 5) is 4.63. The van der Waals surface area contributed by atoms with E-state index >= 15 is 0 Å². The molecule has 0 fully saturated rings. The van der Waals surface area contributed by atoms with Gasteiger partial charge >= 0.3 is 6.61 Å². The van der Waals surface area contributed by atoms with Crippen molar-refractivity contribution in [2.45, 2.75) is 6.61 Å². The maximum absolute atomic E-state index is 12.5. The van der Waals surface area contributed by atoms with Crippen LogP contribution in [0.4, 0.5) is 8.78 Å². The highest BCUT2D eigenvalue weighted by atomic mass is 35.5. The number of fused-ring (bicyclic) bond motifs is 1. The highest BCUT2D eigenvalue weighted by Crippen LogP contribution is 2.37. The molecule has 0 radical (unpaired) electrons. The first-order valence-electron chi connectivity index (χ1n) is 8.58. The predicted molar refractivity (Wildman–Crippen MR) is 110 cm³/mol. The van der Waals surface area contributed by atoms with E-state index in [1.165, 1.54) is 12.1 Å². The molecule has 4 aromatic rings. The third-order valence-corrected chi connectivity index (χ3v) is 4.98. The average molecular weight is 432 g/mol. The van der Waals surface area contributed by atoms with Crippen LogP contribution in [0.15, 0.2) is 72.8 Å². The van der Waals surface area contributed by atoms with E-state index in [0.29, 0.717) is 38.3 Å². The SMILES string of the molecule is FC(F)Oc1cccc(-c2ccc3c(Oc4cccc(Cl)c4Cl)cccc3n2)c1. The number of hydrogen-bond donors (Lipinski definition) is 0. The van der Waals surface area contributed by atoms with Gasteiger partial charge in [0.05, 0.1) is 16.2 Å². The molecule has 0 amide bonds. The van der Waals surface area contributed by atoms with Gasteiger partial charge in [0.1, 0.15) is 22.3 Å². The minimum absolute atomic E-state index is 0.0760. The molecule has 0 aliphatic rings. The molecule has 3 nitrogen and oxygen atoms in total. The van der Waals surface area contributed by atoms with Crippen LogP contribution in [0.25, 0.3) is 22.2 Å². The van der Waals surface area contributed by atoms with Crippen LogP contribution in [0.5, 0.6) is 17.2 Å². The first-order chi connectivity index (χ1) is 14.0. The van der Waals surface area contributed by atoms with Gasteiger partial charge in [-0.2, -0.15) is 8.78 Å². The Morgan fingerprint density at radius 2 is 1.59 bits per heavy atom. The van der Waals surface area contributed by atoms with Crippen molar-refractivity contribution in [2.75, 3.05) is 0 Å². The van der Waals surface area contributed by atoms with Crippen LogP contribution in [0, 0.1) is 0 Å². The molecule has 0 bridgehead atoms. The van der Waals surface area contributed by atoms with Crippen LogP contribution in [-0.2, 0) is 0 Å². The molecule has 0 aliphatic heterocycles. The van der Waals surface area contributed by atoms with Gasteiger partial charge in [-0.25, -0.2) is 4.98 Å². The molecule has 1 heterocycles. The summed E-state index contributed by atoms with van der Waals surface area (Å²) in [6.07, 6.45) is 0. The largest absolute Gasteiger partial charge is 0.455 e. The smallest absolute Gasteiger partial charge is 0.387 e. The van der Waals surface area contributed by atoms with Gasteiger partial charge in [-0.15, -0.1) is 0 Å². The summed E-state index contributed by atoms with van der Waals surface area (Å²) in [7, 11) is 0. The Hall–Kier alpha value is -2.89. The molecule has 4 rings (SSSR count). The van der Waals surface area contributed by atoms with Crippen molar-refractivity contribution in [2.24, 2.45) is 0 Å². The quantitative estimate of drug-likeness (QED) is 0.325. The van der Waals surface area contributed by atoms with Gasteiger partial charge in [0.15, 0.2) is 0 Å². The lowest BCUT2D eigenvalue weighted by Crippen LogP contribution is -2.01. The number of benzene rings is 3. The minimum atomic E-state index is -2.88. The van der Waals surface area contributed by atoms with Gasteiger partial charge in [0, 0.05) is 10.9 Å². The second kappa shape index (κ2) is 8.23.